The molecule has 0 fully saturated rings. The highest BCUT2D eigenvalue weighted by Gasteiger charge is 2.29. The third kappa shape index (κ3) is 83.7. The summed E-state index contributed by atoms with van der Waals surface area (Å²) in [5.74, 6) is -1.61. The van der Waals surface area contributed by atoms with Gasteiger partial charge in [-0.1, -0.05) is 319 Å². The molecule has 0 spiro atoms. The summed E-state index contributed by atoms with van der Waals surface area (Å²) in [6.45, 7) is 2.49. The molecule has 18 heteroatoms. The first-order valence-corrected chi connectivity index (χ1v) is 45.4. The lowest BCUT2D eigenvalue weighted by atomic mass is 10.1. The number of hydrogen-bond acceptors (Lipinski definition) is 14. The number of aliphatic hydroxyl groups is 2. The van der Waals surface area contributed by atoms with Crippen LogP contribution in [0.25, 0.3) is 0 Å². The minimum atomic E-state index is -4.95. The van der Waals surface area contributed by atoms with Gasteiger partial charge in [-0.15, -0.1) is 0 Å². The first-order chi connectivity index (χ1) is 53.2. The molecule has 0 aromatic rings. The largest absolute Gasteiger partial charge is 0.472 e. The van der Waals surface area contributed by atoms with Gasteiger partial charge in [0.2, 0.25) is 0 Å². The smallest absolute Gasteiger partial charge is 0.463 e. The summed E-state index contributed by atoms with van der Waals surface area (Å²) < 4.78 is 61.3. The van der Waals surface area contributed by atoms with Gasteiger partial charge < -0.3 is 34.2 Å². The Bertz CT molecular complexity index is 2660. The topological polar surface area (TPSA) is 231 Å². The Kier molecular flexibility index (Phi) is 78.5. The number of carbonyl (C=O) groups is 3. The molecule has 16 nitrogen and oxygen atoms in total. The molecule has 0 saturated heterocycles. The zero-order valence-corrected chi connectivity index (χ0v) is 70.0. The third-order valence-corrected chi connectivity index (χ3v) is 19.3. The number of ether oxygens (including phenoxy) is 3. The van der Waals surface area contributed by atoms with Gasteiger partial charge in [0.15, 0.2) is 6.10 Å². The monoisotopic (exact) mass is 1560 g/mol. The number of phosphoric acid groups is 2. The highest BCUT2D eigenvalue weighted by atomic mass is 31.2. The molecule has 109 heavy (non-hydrogen) atoms. The second-order valence-corrected chi connectivity index (χ2v) is 30.8. The van der Waals surface area contributed by atoms with E-state index in [1.807, 2.05) is 0 Å². The van der Waals surface area contributed by atoms with Gasteiger partial charge in [-0.25, -0.2) is 9.13 Å². The van der Waals surface area contributed by atoms with Crippen molar-refractivity contribution in [3.8, 4) is 0 Å². The lowest BCUT2D eigenvalue weighted by Crippen LogP contribution is -2.30. The van der Waals surface area contributed by atoms with Crippen LogP contribution in [-0.2, 0) is 55.8 Å². The highest BCUT2D eigenvalue weighted by molar-refractivity contribution is 7.47. The molecular weight excluding hydrogens is 1410 g/mol. The van der Waals surface area contributed by atoms with Crippen LogP contribution in [0, 0.1) is 0 Å². The zero-order chi connectivity index (χ0) is 79.4. The summed E-state index contributed by atoms with van der Waals surface area (Å²) >= 11 is 0. The van der Waals surface area contributed by atoms with Gasteiger partial charge >= 0.3 is 33.6 Å². The van der Waals surface area contributed by atoms with E-state index >= 15 is 0 Å². The maximum absolute atomic E-state index is 13.0. The zero-order valence-electron chi connectivity index (χ0n) is 68.2. The Labute approximate surface area is 662 Å². The maximum atomic E-state index is 13.0. The van der Waals surface area contributed by atoms with Crippen LogP contribution in [0.1, 0.15) is 329 Å². The molecule has 5 unspecified atom stereocenters. The molecule has 0 rings (SSSR count). The van der Waals surface area contributed by atoms with E-state index in [9.17, 15) is 43.5 Å². The highest BCUT2D eigenvalue weighted by Crippen LogP contribution is 2.45. The number of rotatable bonds is 79. The van der Waals surface area contributed by atoms with Crippen molar-refractivity contribution in [3.05, 3.63) is 170 Å². The summed E-state index contributed by atoms with van der Waals surface area (Å²) in [4.78, 5) is 58.9. The molecule has 5 atom stereocenters. The van der Waals surface area contributed by atoms with Crippen molar-refractivity contribution in [2.75, 3.05) is 39.6 Å². The van der Waals surface area contributed by atoms with Crippen LogP contribution in [0.4, 0.5) is 0 Å². The predicted octanol–water partition coefficient (Wildman–Crippen LogP) is 25.5. The Balaban J connectivity index is 4.71. The van der Waals surface area contributed by atoms with Gasteiger partial charge in [0.25, 0.3) is 0 Å². The van der Waals surface area contributed by atoms with Crippen molar-refractivity contribution < 1.29 is 75.8 Å². The average Bonchev–Trinajstić information content (AvgIpc) is 0.904. The molecule has 0 aliphatic rings. The number of phosphoric ester groups is 2. The third-order valence-electron chi connectivity index (χ3n) is 17.4. The number of allylic oxidation sites excluding steroid dienone is 28. The van der Waals surface area contributed by atoms with Crippen LogP contribution in [0.5, 0.6) is 0 Å². The molecule has 0 aromatic carbocycles. The van der Waals surface area contributed by atoms with Crippen LogP contribution >= 0.6 is 15.6 Å². The van der Waals surface area contributed by atoms with Crippen LogP contribution < -0.4 is 0 Å². The van der Waals surface area contributed by atoms with Gasteiger partial charge in [0.1, 0.15) is 25.4 Å². The van der Waals surface area contributed by atoms with Gasteiger partial charge in [-0.2, -0.15) is 0 Å². The first-order valence-electron chi connectivity index (χ1n) is 42.4. The Hall–Kier alpha value is -5.09. The van der Waals surface area contributed by atoms with E-state index in [-0.39, 0.29) is 19.3 Å². The molecule has 0 heterocycles. The van der Waals surface area contributed by atoms with Crippen molar-refractivity contribution in [2.45, 2.75) is 347 Å². The summed E-state index contributed by atoms with van der Waals surface area (Å²) in [5.41, 5.74) is 0. The van der Waals surface area contributed by atoms with Crippen molar-refractivity contribution in [2.24, 2.45) is 0 Å². The molecule has 0 aliphatic heterocycles. The summed E-state index contributed by atoms with van der Waals surface area (Å²) in [6.07, 6.45) is 105. The van der Waals surface area contributed by atoms with E-state index in [2.05, 4.69) is 191 Å². The summed E-state index contributed by atoms with van der Waals surface area (Å²) in [6, 6.07) is 0. The van der Waals surface area contributed by atoms with E-state index in [1.165, 1.54) is 70.6 Å². The fourth-order valence-electron chi connectivity index (χ4n) is 11.0. The van der Waals surface area contributed by atoms with Crippen molar-refractivity contribution in [1.29, 1.82) is 0 Å². The van der Waals surface area contributed by atoms with Gasteiger partial charge in [0.05, 0.1) is 26.4 Å². The summed E-state index contributed by atoms with van der Waals surface area (Å²) in [5, 5.41) is 20.7. The first kappa shape index (κ1) is 104. The van der Waals surface area contributed by atoms with E-state index in [4.69, 9.17) is 32.3 Å². The maximum Gasteiger partial charge on any atom is 0.472 e. The Morgan fingerprint density at radius 1 is 0.266 bits per heavy atom. The molecule has 0 saturated carbocycles. The number of aliphatic hydroxyl groups excluding tert-OH is 2. The number of unbranched alkanes of at least 4 members (excludes halogenated alkanes) is 28. The lowest BCUT2D eigenvalue weighted by molar-refractivity contribution is -0.161. The number of hydrogen-bond donors (Lipinski definition) is 4. The van der Waals surface area contributed by atoms with Gasteiger partial charge in [-0.3, -0.25) is 32.5 Å². The summed E-state index contributed by atoms with van der Waals surface area (Å²) in [7, 11) is -9.82. The quantitative estimate of drug-likeness (QED) is 0.0146. The minimum Gasteiger partial charge on any atom is -0.463 e. The number of esters is 3. The second kappa shape index (κ2) is 82.4. The van der Waals surface area contributed by atoms with Crippen LogP contribution in [-0.4, -0.2) is 95.9 Å². The second-order valence-electron chi connectivity index (χ2n) is 27.9. The molecular formula is C91H152O16P2. The van der Waals surface area contributed by atoms with Crippen molar-refractivity contribution in [1.82, 2.24) is 0 Å². The average molecular weight is 1560 g/mol. The van der Waals surface area contributed by atoms with E-state index in [0.29, 0.717) is 19.3 Å². The van der Waals surface area contributed by atoms with Crippen molar-refractivity contribution >= 4 is 33.6 Å². The lowest BCUT2D eigenvalue weighted by Gasteiger charge is -2.21. The van der Waals surface area contributed by atoms with E-state index < -0.39 is 91.5 Å². The predicted molar refractivity (Wildman–Crippen MR) is 454 cm³/mol. The standard InChI is InChI=1S/C91H152O16P2/c1-4-7-10-13-16-19-22-25-28-31-34-37-40-41-42-43-46-48-50-53-56-59-62-65-68-71-74-77-89(94)101-80-86(92)81-103-108(97,98)104-82-87(93)83-105-109(99,100)106-85-88(107-91(96)79-76-73-70-67-64-61-58-55-52-49-45-39-36-33-30-27-24-21-18-15-12-9-6-3)84-102-90(95)78-75-72-69-66-63-60-57-54-51-47-44-38-35-32-29-26-23-20-17-14-11-8-5-2/h7,10,16-21,25-30,34-39,41-42,46-49,51-52,86-88,92-93H,4-6,8-9,11-15,22-24,31-33,40,43-45,50,53-85H2,1-3H3,(H,97,98)(H,99,100)/b10-7-,19-16-,20-17-,21-18-,28-25-,29-26-,30-27-,37-34-,38-35-,39-36-,42-41-,48-46-,51-47-,52-49-. The minimum absolute atomic E-state index is 0.0840. The molecule has 622 valence electrons. The van der Waals surface area contributed by atoms with Gasteiger partial charge in [0, 0.05) is 19.3 Å². The molecule has 0 bridgehead atoms. The van der Waals surface area contributed by atoms with Crippen LogP contribution in [0.2, 0.25) is 0 Å². The van der Waals surface area contributed by atoms with Crippen LogP contribution in [0.15, 0.2) is 170 Å². The molecule has 0 amide bonds. The van der Waals surface area contributed by atoms with E-state index in [0.717, 1.165) is 199 Å². The Morgan fingerprint density at radius 3 is 0.771 bits per heavy atom. The van der Waals surface area contributed by atoms with Gasteiger partial charge in [-0.05, 0) is 161 Å². The van der Waals surface area contributed by atoms with E-state index in [1.54, 1.807) is 0 Å². The normalized spacial score (nSPS) is 14.7. The SMILES string of the molecule is CC/C=C\C/C=C\C/C=C\C/C=C\C/C=C\C/C=C\CCCCCCCCCCC(=O)OCC(O)COP(=O)(O)OCC(O)COP(=O)(O)OCC(COC(=O)CCCCCCCCC/C=C\C/C=C\C/C=C\C/C=C\CCCCC)OC(=O)CCCCCCCCC/C=C\C/C=C\C/C=C\C/C=C\CCCCC. The van der Waals surface area contributed by atoms with Crippen molar-refractivity contribution in [3.63, 3.8) is 0 Å². The fourth-order valence-corrected chi connectivity index (χ4v) is 12.5. The Morgan fingerprint density at radius 2 is 0.486 bits per heavy atom. The molecule has 0 aliphatic carbocycles. The number of carbonyl (C=O) groups excluding carboxylic acids is 3. The fraction of sp³-hybridized carbons (Fsp3) is 0.659. The molecule has 0 radical (unpaired) electrons. The molecule has 0 aromatic heterocycles. The van der Waals surface area contributed by atoms with Crippen LogP contribution in [0.3, 0.4) is 0 Å². The molecule has 4 N–H and O–H groups in total.